The highest BCUT2D eigenvalue weighted by Gasteiger charge is 2.34. The summed E-state index contributed by atoms with van der Waals surface area (Å²) in [5.74, 6) is -0.505. The molecule has 0 bridgehead atoms. The third-order valence-corrected chi connectivity index (χ3v) is 3.66. The molecule has 2 rings (SSSR count). The molecule has 1 aromatic rings. The molecule has 22 heavy (non-hydrogen) atoms. The molecule has 0 aromatic heterocycles. The van der Waals surface area contributed by atoms with Gasteiger partial charge in [0.1, 0.15) is 6.04 Å². The summed E-state index contributed by atoms with van der Waals surface area (Å²) in [7, 11) is 0. The second kappa shape index (κ2) is 6.55. The Labute approximate surface area is 128 Å². The molecule has 118 valence electrons. The van der Waals surface area contributed by atoms with Crippen molar-refractivity contribution in [3.63, 3.8) is 0 Å². The van der Waals surface area contributed by atoms with Crippen molar-refractivity contribution in [2.75, 3.05) is 11.9 Å². The van der Waals surface area contributed by atoms with E-state index in [0.717, 1.165) is 6.42 Å². The summed E-state index contributed by atoms with van der Waals surface area (Å²) in [6.07, 6.45) is 1.39. The van der Waals surface area contributed by atoms with Crippen LogP contribution < -0.4 is 5.32 Å². The third-order valence-electron chi connectivity index (χ3n) is 3.66. The fraction of sp³-hybridized carbons (Fsp3) is 0.467. The normalized spacial score (nSPS) is 17.6. The molecule has 0 radical (unpaired) electrons. The lowest BCUT2D eigenvalue weighted by Crippen LogP contribution is -2.44. The second-order valence-corrected chi connectivity index (χ2v) is 5.64. The van der Waals surface area contributed by atoms with Crippen LogP contribution in [-0.2, 0) is 9.59 Å². The first-order valence-electron chi connectivity index (χ1n) is 7.26. The Morgan fingerprint density at radius 3 is 2.77 bits per heavy atom. The summed E-state index contributed by atoms with van der Waals surface area (Å²) in [5, 5.41) is 13.4. The fourth-order valence-electron chi connectivity index (χ4n) is 2.56. The van der Waals surface area contributed by atoms with Crippen LogP contribution >= 0.6 is 0 Å². The van der Waals surface area contributed by atoms with Gasteiger partial charge in [-0.15, -0.1) is 0 Å². The summed E-state index contributed by atoms with van der Waals surface area (Å²) < 4.78 is 0. The van der Waals surface area contributed by atoms with Crippen LogP contribution in [0.3, 0.4) is 0 Å². The van der Waals surface area contributed by atoms with Crippen molar-refractivity contribution in [3.05, 3.63) is 34.4 Å². The summed E-state index contributed by atoms with van der Waals surface area (Å²) in [5.41, 5.74) is 0.280. The molecule has 0 aliphatic carbocycles. The number of carbonyl (C=O) groups excluding carboxylic acids is 2. The molecular formula is C15H19N3O4. The number of anilines is 1. The van der Waals surface area contributed by atoms with Crippen LogP contribution in [0.5, 0.6) is 0 Å². The average molecular weight is 305 g/mol. The van der Waals surface area contributed by atoms with Crippen LogP contribution in [0.4, 0.5) is 11.4 Å². The Kier molecular flexibility index (Phi) is 4.75. The van der Waals surface area contributed by atoms with E-state index in [1.54, 1.807) is 24.8 Å². The first-order valence-corrected chi connectivity index (χ1v) is 7.26. The number of carbonyl (C=O) groups is 2. The van der Waals surface area contributed by atoms with Gasteiger partial charge < -0.3 is 10.2 Å². The molecule has 1 saturated heterocycles. The Morgan fingerprint density at radius 1 is 1.41 bits per heavy atom. The molecule has 1 N–H and O–H groups in total. The third kappa shape index (κ3) is 3.41. The first kappa shape index (κ1) is 15.9. The predicted octanol–water partition coefficient (Wildman–Crippen LogP) is 2.18. The quantitative estimate of drug-likeness (QED) is 0.681. The van der Waals surface area contributed by atoms with Crippen molar-refractivity contribution in [3.8, 4) is 0 Å². The molecule has 1 aliphatic rings. The minimum absolute atomic E-state index is 0.0447. The molecule has 2 amide bonds. The number of nitrogens with one attached hydrogen (secondary N) is 1. The molecule has 0 saturated carbocycles. The summed E-state index contributed by atoms with van der Waals surface area (Å²) in [6, 6.07) is 5.27. The van der Waals surface area contributed by atoms with E-state index in [2.05, 4.69) is 5.32 Å². The topological polar surface area (TPSA) is 92.6 Å². The van der Waals surface area contributed by atoms with Crippen LogP contribution in [0, 0.1) is 16.0 Å². The van der Waals surface area contributed by atoms with Gasteiger partial charge in [-0.2, -0.15) is 0 Å². The number of likely N-dealkylation sites (tertiary alicyclic amines) is 1. The number of nitrogens with zero attached hydrogens (tertiary/aromatic N) is 2. The van der Waals surface area contributed by atoms with E-state index in [9.17, 15) is 19.7 Å². The van der Waals surface area contributed by atoms with E-state index in [4.69, 9.17) is 0 Å². The summed E-state index contributed by atoms with van der Waals surface area (Å²) >= 11 is 0. The van der Waals surface area contributed by atoms with Gasteiger partial charge in [-0.25, -0.2) is 0 Å². The van der Waals surface area contributed by atoms with Gasteiger partial charge in [0.05, 0.1) is 4.92 Å². The zero-order valence-corrected chi connectivity index (χ0v) is 12.6. The zero-order chi connectivity index (χ0) is 16.3. The fourth-order valence-corrected chi connectivity index (χ4v) is 2.56. The van der Waals surface area contributed by atoms with Crippen molar-refractivity contribution in [2.24, 2.45) is 5.92 Å². The standard InChI is InChI=1S/C15H19N3O4/c1-10(2)15(20)17-8-4-7-13(17)14(19)16-11-5-3-6-12(9-11)18(21)22/h3,5-6,9-10,13H,4,7-8H2,1-2H3,(H,16,19). The van der Waals surface area contributed by atoms with Gasteiger partial charge in [0, 0.05) is 30.3 Å². The van der Waals surface area contributed by atoms with Crippen molar-refractivity contribution < 1.29 is 14.5 Å². The lowest BCUT2D eigenvalue weighted by atomic mass is 10.1. The van der Waals surface area contributed by atoms with Gasteiger partial charge in [-0.3, -0.25) is 19.7 Å². The maximum Gasteiger partial charge on any atom is 0.271 e. The molecule has 0 spiro atoms. The van der Waals surface area contributed by atoms with Gasteiger partial charge in [-0.1, -0.05) is 19.9 Å². The molecule has 1 aliphatic heterocycles. The minimum Gasteiger partial charge on any atom is -0.330 e. The van der Waals surface area contributed by atoms with E-state index in [-0.39, 0.29) is 23.4 Å². The number of benzene rings is 1. The first-order chi connectivity index (χ1) is 10.4. The Morgan fingerprint density at radius 2 is 2.14 bits per heavy atom. The Hall–Kier alpha value is -2.44. The van der Waals surface area contributed by atoms with Gasteiger partial charge in [0.2, 0.25) is 11.8 Å². The van der Waals surface area contributed by atoms with E-state index >= 15 is 0 Å². The smallest absolute Gasteiger partial charge is 0.271 e. The SMILES string of the molecule is CC(C)C(=O)N1CCCC1C(=O)Nc1cccc([N+](=O)[O-])c1. The van der Waals surface area contributed by atoms with Crippen LogP contribution in [0.25, 0.3) is 0 Å². The van der Waals surface area contributed by atoms with E-state index in [1.165, 1.54) is 18.2 Å². The largest absolute Gasteiger partial charge is 0.330 e. The average Bonchev–Trinajstić information content (AvgIpc) is 2.95. The van der Waals surface area contributed by atoms with Crippen molar-refractivity contribution in [1.82, 2.24) is 4.90 Å². The van der Waals surface area contributed by atoms with Crippen molar-refractivity contribution in [2.45, 2.75) is 32.7 Å². The predicted molar refractivity (Wildman–Crippen MR) is 81.3 cm³/mol. The molecule has 1 aromatic carbocycles. The Balaban J connectivity index is 2.10. The van der Waals surface area contributed by atoms with E-state index in [0.29, 0.717) is 18.7 Å². The van der Waals surface area contributed by atoms with Crippen LogP contribution in [0.15, 0.2) is 24.3 Å². The number of nitro groups is 1. The monoisotopic (exact) mass is 305 g/mol. The second-order valence-electron chi connectivity index (χ2n) is 5.64. The number of non-ortho nitro benzene ring substituents is 1. The lowest BCUT2D eigenvalue weighted by molar-refractivity contribution is -0.384. The van der Waals surface area contributed by atoms with Crippen molar-refractivity contribution >= 4 is 23.2 Å². The van der Waals surface area contributed by atoms with Gasteiger partial charge in [0.25, 0.3) is 5.69 Å². The number of rotatable bonds is 4. The van der Waals surface area contributed by atoms with Gasteiger partial charge in [0.15, 0.2) is 0 Å². The van der Waals surface area contributed by atoms with Crippen LogP contribution in [-0.4, -0.2) is 34.2 Å². The van der Waals surface area contributed by atoms with Crippen LogP contribution in [0.2, 0.25) is 0 Å². The van der Waals surface area contributed by atoms with E-state index < -0.39 is 11.0 Å². The van der Waals surface area contributed by atoms with Gasteiger partial charge >= 0.3 is 0 Å². The lowest BCUT2D eigenvalue weighted by Gasteiger charge is -2.25. The van der Waals surface area contributed by atoms with Gasteiger partial charge in [-0.05, 0) is 18.9 Å². The molecule has 1 fully saturated rings. The Bertz CT molecular complexity index is 600. The highest BCUT2D eigenvalue weighted by molar-refractivity contribution is 5.97. The molecule has 7 nitrogen and oxygen atoms in total. The number of nitro benzene ring substituents is 1. The molecule has 7 heteroatoms. The highest BCUT2D eigenvalue weighted by Crippen LogP contribution is 2.22. The highest BCUT2D eigenvalue weighted by atomic mass is 16.6. The number of amides is 2. The minimum atomic E-state index is -0.514. The number of hydrogen-bond donors (Lipinski definition) is 1. The molecule has 1 atom stereocenters. The summed E-state index contributed by atoms with van der Waals surface area (Å²) in [6.45, 7) is 4.18. The molecular weight excluding hydrogens is 286 g/mol. The van der Waals surface area contributed by atoms with Crippen LogP contribution in [0.1, 0.15) is 26.7 Å². The number of hydrogen-bond acceptors (Lipinski definition) is 4. The maximum absolute atomic E-state index is 12.4. The maximum atomic E-state index is 12.4. The molecule has 1 unspecified atom stereocenters. The zero-order valence-electron chi connectivity index (χ0n) is 12.6. The summed E-state index contributed by atoms with van der Waals surface area (Å²) in [4.78, 5) is 36.3. The van der Waals surface area contributed by atoms with E-state index in [1.807, 2.05) is 0 Å². The van der Waals surface area contributed by atoms with Crippen molar-refractivity contribution in [1.29, 1.82) is 0 Å². The molecule has 1 heterocycles.